The maximum Gasteiger partial charge on any atom is 0.344 e. The zero-order chi connectivity index (χ0) is 14.4. The smallest absolute Gasteiger partial charge is 0.344 e. The van der Waals surface area contributed by atoms with E-state index in [9.17, 15) is 19.7 Å². The lowest BCUT2D eigenvalue weighted by molar-refractivity contribution is -0.777. The van der Waals surface area contributed by atoms with Gasteiger partial charge in [-0.05, 0) is 19.1 Å². The van der Waals surface area contributed by atoms with Gasteiger partial charge >= 0.3 is 11.9 Å². The van der Waals surface area contributed by atoms with Gasteiger partial charge in [-0.3, -0.25) is 9.63 Å². The summed E-state index contributed by atoms with van der Waals surface area (Å²) in [4.78, 5) is 36.7. The second-order valence-electron chi connectivity index (χ2n) is 3.39. The van der Waals surface area contributed by atoms with Crippen LogP contribution in [-0.2, 0) is 14.4 Å². The van der Waals surface area contributed by atoms with Crippen molar-refractivity contribution in [3.63, 3.8) is 0 Å². The molecule has 0 bridgehead atoms. The molecule has 19 heavy (non-hydrogen) atoms. The summed E-state index contributed by atoms with van der Waals surface area (Å²) >= 11 is 0. The minimum absolute atomic E-state index is 0.00769. The SMILES string of the molecule is CC(=O)Oc1ccccc1C(=O)O[C@@H](C)O[N+](=O)[O-]. The van der Waals surface area contributed by atoms with Crippen LogP contribution >= 0.6 is 0 Å². The number of para-hydroxylation sites is 1. The van der Waals surface area contributed by atoms with Crippen molar-refractivity contribution in [2.24, 2.45) is 0 Å². The average molecular weight is 269 g/mol. The van der Waals surface area contributed by atoms with Crippen molar-refractivity contribution in [3.05, 3.63) is 39.9 Å². The van der Waals surface area contributed by atoms with Gasteiger partial charge in [0.05, 0.1) is 0 Å². The predicted molar refractivity (Wildman–Crippen MR) is 60.7 cm³/mol. The number of benzene rings is 1. The van der Waals surface area contributed by atoms with E-state index in [4.69, 9.17) is 4.74 Å². The van der Waals surface area contributed by atoms with E-state index in [1.54, 1.807) is 6.07 Å². The van der Waals surface area contributed by atoms with Crippen LogP contribution in [0.1, 0.15) is 24.2 Å². The summed E-state index contributed by atoms with van der Waals surface area (Å²) in [5, 5.41) is 8.99. The van der Waals surface area contributed by atoms with Gasteiger partial charge in [-0.1, -0.05) is 12.1 Å². The molecular weight excluding hydrogens is 258 g/mol. The van der Waals surface area contributed by atoms with Gasteiger partial charge in [0.25, 0.3) is 5.09 Å². The van der Waals surface area contributed by atoms with Gasteiger partial charge in [-0.2, -0.15) is 0 Å². The van der Waals surface area contributed by atoms with Crippen molar-refractivity contribution in [2.45, 2.75) is 20.1 Å². The summed E-state index contributed by atoms with van der Waals surface area (Å²) in [6, 6.07) is 5.85. The average Bonchev–Trinajstić information content (AvgIpc) is 2.27. The molecular formula is C11H11NO7. The van der Waals surface area contributed by atoms with E-state index in [1.165, 1.54) is 32.0 Å². The van der Waals surface area contributed by atoms with E-state index in [-0.39, 0.29) is 11.3 Å². The van der Waals surface area contributed by atoms with Crippen LogP contribution in [0, 0.1) is 10.1 Å². The number of ether oxygens (including phenoxy) is 2. The maximum atomic E-state index is 11.7. The predicted octanol–water partition coefficient (Wildman–Crippen LogP) is 1.32. The fourth-order valence-electron chi connectivity index (χ4n) is 1.24. The Morgan fingerprint density at radius 1 is 1.32 bits per heavy atom. The van der Waals surface area contributed by atoms with Crippen molar-refractivity contribution in [1.82, 2.24) is 0 Å². The third-order valence-corrected chi connectivity index (χ3v) is 1.87. The minimum atomic E-state index is -1.37. The van der Waals surface area contributed by atoms with Gasteiger partial charge in [-0.25, -0.2) is 4.79 Å². The number of hydrogen-bond donors (Lipinski definition) is 0. The van der Waals surface area contributed by atoms with E-state index in [0.29, 0.717) is 0 Å². The zero-order valence-corrected chi connectivity index (χ0v) is 10.2. The standard InChI is InChI=1S/C11H11NO7/c1-7(13)17-10-6-4-3-5-9(10)11(14)18-8(2)19-12(15)16/h3-6,8H,1-2H3/t8-/m1/s1. The van der Waals surface area contributed by atoms with Crippen molar-refractivity contribution < 1.29 is 29.0 Å². The third-order valence-electron chi connectivity index (χ3n) is 1.87. The molecule has 0 aromatic heterocycles. The van der Waals surface area contributed by atoms with Crippen LogP contribution < -0.4 is 4.74 Å². The van der Waals surface area contributed by atoms with E-state index >= 15 is 0 Å². The zero-order valence-electron chi connectivity index (χ0n) is 10.2. The van der Waals surface area contributed by atoms with Gasteiger partial charge in [0.2, 0.25) is 6.29 Å². The third kappa shape index (κ3) is 4.62. The Labute approximate surface area is 108 Å². The van der Waals surface area contributed by atoms with Crippen molar-refractivity contribution in [1.29, 1.82) is 0 Å². The van der Waals surface area contributed by atoms with Crippen molar-refractivity contribution in [3.8, 4) is 5.75 Å². The summed E-state index contributed by atoms with van der Waals surface area (Å²) in [6.07, 6.45) is -1.37. The van der Waals surface area contributed by atoms with Gasteiger partial charge in [-0.15, -0.1) is 10.1 Å². The lowest BCUT2D eigenvalue weighted by Gasteiger charge is -2.12. The molecule has 0 saturated heterocycles. The minimum Gasteiger partial charge on any atom is -0.432 e. The summed E-state index contributed by atoms with van der Waals surface area (Å²) < 4.78 is 9.49. The molecule has 0 radical (unpaired) electrons. The molecule has 0 aliphatic heterocycles. The highest BCUT2D eigenvalue weighted by Crippen LogP contribution is 2.19. The number of nitrogens with zero attached hydrogens (tertiary/aromatic N) is 1. The van der Waals surface area contributed by atoms with Crippen LogP contribution in [-0.4, -0.2) is 23.3 Å². The summed E-state index contributed by atoms with van der Waals surface area (Å²) in [7, 11) is 0. The molecule has 0 saturated carbocycles. The number of carbonyl (C=O) groups is 2. The number of esters is 2. The molecule has 1 rings (SSSR count). The molecule has 0 fully saturated rings. The molecule has 8 nitrogen and oxygen atoms in total. The van der Waals surface area contributed by atoms with Crippen molar-refractivity contribution in [2.75, 3.05) is 0 Å². The first-order valence-corrected chi connectivity index (χ1v) is 5.19. The van der Waals surface area contributed by atoms with Crippen LogP contribution in [0.3, 0.4) is 0 Å². The lowest BCUT2D eigenvalue weighted by Crippen LogP contribution is -2.21. The highest BCUT2D eigenvalue weighted by atomic mass is 17.0. The van der Waals surface area contributed by atoms with Gasteiger partial charge in [0.15, 0.2) is 0 Å². The molecule has 0 N–H and O–H groups in total. The molecule has 0 amide bonds. The lowest BCUT2D eigenvalue weighted by atomic mass is 10.2. The Morgan fingerprint density at radius 2 is 1.95 bits per heavy atom. The molecule has 1 aromatic carbocycles. The molecule has 102 valence electrons. The van der Waals surface area contributed by atoms with Crippen LogP contribution in [0.2, 0.25) is 0 Å². The second kappa shape index (κ2) is 6.34. The van der Waals surface area contributed by atoms with E-state index in [2.05, 4.69) is 9.57 Å². The van der Waals surface area contributed by atoms with E-state index in [0.717, 1.165) is 0 Å². The molecule has 8 heteroatoms. The highest BCUT2D eigenvalue weighted by molar-refractivity contribution is 5.93. The monoisotopic (exact) mass is 269 g/mol. The molecule has 0 spiro atoms. The van der Waals surface area contributed by atoms with Crippen LogP contribution in [0.15, 0.2) is 24.3 Å². The number of rotatable bonds is 5. The number of carbonyl (C=O) groups excluding carboxylic acids is 2. The number of hydrogen-bond acceptors (Lipinski definition) is 7. The highest BCUT2D eigenvalue weighted by Gasteiger charge is 2.19. The quantitative estimate of drug-likeness (QED) is 0.261. The molecule has 1 atom stereocenters. The second-order valence-corrected chi connectivity index (χ2v) is 3.39. The van der Waals surface area contributed by atoms with E-state index in [1.807, 2.05) is 0 Å². The maximum absolute atomic E-state index is 11.7. The normalized spacial score (nSPS) is 11.3. The van der Waals surface area contributed by atoms with Crippen LogP contribution in [0.25, 0.3) is 0 Å². The fraction of sp³-hybridized carbons (Fsp3) is 0.273. The Bertz CT molecular complexity index is 500. The molecule has 0 heterocycles. The van der Waals surface area contributed by atoms with Crippen LogP contribution in [0.5, 0.6) is 5.75 Å². The van der Waals surface area contributed by atoms with Gasteiger partial charge < -0.3 is 9.47 Å². The Balaban J connectivity index is 2.81. The van der Waals surface area contributed by atoms with Gasteiger partial charge in [0, 0.05) is 6.92 Å². The van der Waals surface area contributed by atoms with Crippen molar-refractivity contribution >= 4 is 11.9 Å². The summed E-state index contributed by atoms with van der Waals surface area (Å²) in [5.41, 5.74) is -0.0310. The first kappa shape index (κ1) is 14.4. The Hall–Kier alpha value is -2.64. The summed E-state index contributed by atoms with van der Waals surface area (Å²) in [6.45, 7) is 2.37. The fourth-order valence-corrected chi connectivity index (χ4v) is 1.24. The topological polar surface area (TPSA) is 105 Å². The Morgan fingerprint density at radius 3 is 2.53 bits per heavy atom. The van der Waals surface area contributed by atoms with Crippen LogP contribution in [0.4, 0.5) is 0 Å². The first-order valence-electron chi connectivity index (χ1n) is 5.19. The molecule has 1 aromatic rings. The van der Waals surface area contributed by atoms with E-state index < -0.39 is 23.3 Å². The molecule has 0 aliphatic carbocycles. The first-order chi connectivity index (χ1) is 8.90. The Kier molecular flexibility index (Phi) is 4.81. The van der Waals surface area contributed by atoms with Gasteiger partial charge in [0.1, 0.15) is 11.3 Å². The largest absolute Gasteiger partial charge is 0.432 e. The molecule has 0 aliphatic rings. The molecule has 0 unspecified atom stereocenters. The summed E-state index contributed by atoms with van der Waals surface area (Å²) in [5.74, 6) is -1.49.